The smallest absolute Gasteiger partial charge is 0.313 e. The Kier molecular flexibility index (Phi) is 5.63. The van der Waals surface area contributed by atoms with Gasteiger partial charge in [0.2, 0.25) is 0 Å². The molecule has 0 aliphatic heterocycles. The van der Waals surface area contributed by atoms with E-state index < -0.39 is 0 Å². The summed E-state index contributed by atoms with van der Waals surface area (Å²) < 4.78 is 9.00. The Labute approximate surface area is 42.9 Å². The topological polar surface area (TPSA) is 18.5 Å². The van der Waals surface area contributed by atoms with Crippen LogP contribution in [0.1, 0.15) is 0 Å². The van der Waals surface area contributed by atoms with Crippen molar-refractivity contribution >= 4 is 19.8 Å². The van der Waals surface area contributed by atoms with Crippen LogP contribution in [0, 0.1) is 0 Å². The van der Waals surface area contributed by atoms with Gasteiger partial charge in [0.1, 0.15) is 12.3 Å². The second kappa shape index (κ2) is 5.33. The Morgan fingerprint density at radius 2 is 2.33 bits per heavy atom. The minimum atomic E-state index is 0.953. The minimum absolute atomic E-state index is 0.953. The first-order valence-corrected chi connectivity index (χ1v) is 2.22. The fraction of sp³-hybridized carbons (Fsp3) is 1.00. The highest BCUT2D eigenvalue weighted by Gasteiger charge is 1.78. The molecule has 6 heavy (non-hydrogen) atoms. The molecule has 0 unspecified atom stereocenters. The summed E-state index contributed by atoms with van der Waals surface area (Å²) in [5.74, 6) is 0. The van der Waals surface area contributed by atoms with E-state index in [2.05, 4.69) is 8.28 Å². The minimum Gasteiger partial charge on any atom is -0.361 e. The Balaban J connectivity index is 2.34. The maximum Gasteiger partial charge on any atom is 0.313 e. The van der Waals surface area contributed by atoms with Gasteiger partial charge in [0, 0.05) is 0 Å². The van der Waals surface area contributed by atoms with Crippen LogP contribution in [0.3, 0.4) is 0 Å². The zero-order valence-electron chi connectivity index (χ0n) is 3.80. The Morgan fingerprint density at radius 1 is 1.67 bits per heavy atom. The third-order valence-corrected chi connectivity index (χ3v) is 0.611. The first kappa shape index (κ1) is 6.33. The lowest BCUT2D eigenvalue weighted by molar-refractivity contribution is 0.446. The lowest BCUT2D eigenvalue weighted by Crippen LogP contribution is -1.80. The molecule has 0 aromatic rings. The van der Waals surface area contributed by atoms with Crippen molar-refractivity contribution in [1.82, 2.24) is 0 Å². The average molecular weight is 105 g/mol. The molecule has 0 aliphatic carbocycles. The molecule has 0 aromatic heterocycles. The molecule has 0 aliphatic rings. The van der Waals surface area contributed by atoms with Crippen molar-refractivity contribution in [3.8, 4) is 0 Å². The normalized spacial score (nSPS) is 8.33. The average Bonchev–Trinajstić information content (AvgIpc) is 1.61. The van der Waals surface area contributed by atoms with Gasteiger partial charge in [-0.3, -0.25) is 4.18 Å². The van der Waals surface area contributed by atoms with Crippen LogP contribution in [0.4, 0.5) is 0 Å². The molecule has 0 amide bonds. The van der Waals surface area contributed by atoms with Gasteiger partial charge < -0.3 is 4.10 Å². The zero-order chi connectivity index (χ0) is 4.83. The molecule has 0 aromatic carbocycles. The quantitative estimate of drug-likeness (QED) is 0.301. The molecule has 0 heterocycles. The molecule has 0 atom stereocenters. The van der Waals surface area contributed by atoms with Crippen molar-refractivity contribution in [3.63, 3.8) is 0 Å². The van der Waals surface area contributed by atoms with E-state index >= 15 is 0 Å². The van der Waals surface area contributed by atoms with Gasteiger partial charge in [-0.2, -0.15) is 0 Å². The molecule has 2 nitrogen and oxygen atoms in total. The zero-order valence-corrected chi connectivity index (χ0v) is 4.62. The molecular weight excluding hydrogens is 98.9 g/mol. The van der Waals surface area contributed by atoms with E-state index in [0.29, 0.717) is 0 Å². The van der Waals surface area contributed by atoms with Gasteiger partial charge in [-0.05, 0) is 0 Å². The summed E-state index contributed by atoms with van der Waals surface area (Å²) in [6, 6.07) is 0. The molecule has 35 valence electrons. The number of rotatable bonds is 3. The van der Waals surface area contributed by atoms with Crippen LogP contribution in [0.25, 0.3) is 0 Å². The van der Waals surface area contributed by atoms with E-state index in [1.165, 1.54) is 0 Å². The van der Waals surface area contributed by atoms with E-state index in [1.807, 2.05) is 0 Å². The van der Waals surface area contributed by atoms with Crippen molar-refractivity contribution in [1.29, 1.82) is 0 Å². The van der Waals surface area contributed by atoms with Crippen molar-refractivity contribution in [2.75, 3.05) is 7.11 Å². The Bertz CT molecular complexity index is 23.5. The molecule has 0 saturated heterocycles. The second-order valence-corrected chi connectivity index (χ2v) is 1.23. The van der Waals surface area contributed by atoms with Crippen molar-refractivity contribution in [2.45, 2.75) is 6.82 Å². The Morgan fingerprint density at radius 3 is 2.50 bits per heavy atom. The molecule has 0 fully saturated rings. The van der Waals surface area contributed by atoms with Gasteiger partial charge in [0.25, 0.3) is 0 Å². The molecule has 1 radical (unpaired) electrons. The summed E-state index contributed by atoms with van der Waals surface area (Å²) in [6.07, 6.45) is 0. The Hall–Kier alpha value is 0.335. The van der Waals surface area contributed by atoms with Crippen LogP contribution in [-0.4, -0.2) is 14.6 Å². The summed E-state index contributed by atoms with van der Waals surface area (Å²) >= 11 is 0.953. The maximum atomic E-state index is 4.55. The van der Waals surface area contributed by atoms with Crippen LogP contribution in [0.5, 0.6) is 0 Å². The summed E-state index contributed by atoms with van der Waals surface area (Å²) in [7, 11) is 3.10. The van der Waals surface area contributed by atoms with E-state index in [4.69, 9.17) is 0 Å². The van der Waals surface area contributed by atoms with Gasteiger partial charge in [-0.25, -0.2) is 0 Å². The highest BCUT2D eigenvalue weighted by Crippen LogP contribution is 1.97. The summed E-state index contributed by atoms with van der Waals surface area (Å²) in [4.78, 5) is 0. The van der Waals surface area contributed by atoms with Crippen LogP contribution < -0.4 is 0 Å². The first-order valence-electron chi connectivity index (χ1n) is 1.55. The van der Waals surface area contributed by atoms with Crippen LogP contribution in [0.15, 0.2) is 0 Å². The van der Waals surface area contributed by atoms with Crippen LogP contribution in [-0.2, 0) is 8.28 Å². The van der Waals surface area contributed by atoms with Crippen molar-refractivity contribution < 1.29 is 8.28 Å². The third-order valence-electron chi connectivity index (χ3n) is 0.204. The summed E-state index contributed by atoms with van der Waals surface area (Å²) in [6.45, 7) is 1.78. The second-order valence-electron chi connectivity index (χ2n) is 0.567. The van der Waals surface area contributed by atoms with Gasteiger partial charge in [-0.1, -0.05) is 6.82 Å². The number of hydrogen-bond donors (Lipinski definition) is 0. The van der Waals surface area contributed by atoms with Gasteiger partial charge in [-0.15, -0.1) is 0 Å². The standard InChI is InChI=1S/C2H6BO2S/c1-3-5-6-4-2/h1-2H3. The molecule has 0 spiro atoms. The van der Waals surface area contributed by atoms with E-state index in [1.54, 1.807) is 21.4 Å². The highest BCUT2D eigenvalue weighted by molar-refractivity contribution is 7.90. The van der Waals surface area contributed by atoms with E-state index in [9.17, 15) is 0 Å². The monoisotopic (exact) mass is 105 g/mol. The molecule has 0 saturated carbocycles. The maximum absolute atomic E-state index is 4.55. The van der Waals surface area contributed by atoms with Gasteiger partial charge >= 0.3 is 7.48 Å². The largest absolute Gasteiger partial charge is 0.361 e. The molecule has 0 N–H and O–H groups in total. The van der Waals surface area contributed by atoms with Gasteiger partial charge in [0.05, 0.1) is 7.11 Å². The molecular formula is C2H6BO2S. The summed E-state index contributed by atoms with van der Waals surface area (Å²) in [5, 5.41) is 0. The molecule has 0 rings (SSSR count). The molecule has 4 heteroatoms. The fourth-order valence-electron chi connectivity index (χ4n) is 0.0786. The highest BCUT2D eigenvalue weighted by atomic mass is 32.2. The van der Waals surface area contributed by atoms with Crippen LogP contribution >= 0.6 is 12.3 Å². The first-order chi connectivity index (χ1) is 2.91. The van der Waals surface area contributed by atoms with E-state index in [0.717, 1.165) is 12.3 Å². The molecule has 0 bridgehead atoms. The summed E-state index contributed by atoms with van der Waals surface area (Å²) in [5.41, 5.74) is 0. The van der Waals surface area contributed by atoms with Crippen molar-refractivity contribution in [2.24, 2.45) is 0 Å². The van der Waals surface area contributed by atoms with Crippen LogP contribution in [0.2, 0.25) is 6.82 Å². The van der Waals surface area contributed by atoms with Crippen molar-refractivity contribution in [3.05, 3.63) is 0 Å². The number of hydrogen-bond acceptors (Lipinski definition) is 3. The van der Waals surface area contributed by atoms with E-state index in [-0.39, 0.29) is 0 Å². The lowest BCUT2D eigenvalue weighted by atomic mass is 10.1. The third kappa shape index (κ3) is 4.33. The van der Waals surface area contributed by atoms with Gasteiger partial charge in [0.15, 0.2) is 0 Å². The SMILES string of the molecule is C[B]OSOC. The fourth-order valence-corrected chi connectivity index (χ4v) is 0.236. The predicted molar refractivity (Wildman–Crippen MR) is 27.3 cm³/mol. The lowest BCUT2D eigenvalue weighted by Gasteiger charge is -1.88. The predicted octanol–water partition coefficient (Wildman–Crippen LogP) is 0.880.